The number of ether oxygens (including phenoxy) is 2. The van der Waals surface area contributed by atoms with Crippen LogP contribution in [0.25, 0.3) is 10.9 Å². The lowest BCUT2D eigenvalue weighted by molar-refractivity contribution is 0.0952. The Hall–Kier alpha value is -2.95. The second kappa shape index (κ2) is 7.30. The molecular weight excluding hydrogens is 316 g/mol. The average molecular weight is 338 g/mol. The topological polar surface area (TPSA) is 52.5 Å². The van der Waals surface area contributed by atoms with E-state index >= 15 is 0 Å². The van der Waals surface area contributed by atoms with Crippen LogP contribution in [-0.4, -0.2) is 24.7 Å². The molecule has 3 aromatic rings. The number of methoxy groups -OCH3 is 2. The summed E-state index contributed by atoms with van der Waals surface area (Å²) in [5, 5.41) is 3.95. The molecule has 0 aliphatic rings. The molecule has 0 unspecified atom stereocenters. The van der Waals surface area contributed by atoms with Crippen molar-refractivity contribution in [1.29, 1.82) is 0 Å². The van der Waals surface area contributed by atoms with E-state index in [0.29, 0.717) is 17.9 Å². The molecule has 5 nitrogen and oxygen atoms in total. The number of nitrogens with zero attached hydrogens (tertiary/aromatic N) is 1. The van der Waals surface area contributed by atoms with E-state index in [0.717, 1.165) is 28.8 Å². The van der Waals surface area contributed by atoms with Crippen LogP contribution in [0.1, 0.15) is 22.8 Å². The van der Waals surface area contributed by atoms with Crippen molar-refractivity contribution in [2.24, 2.45) is 0 Å². The van der Waals surface area contributed by atoms with Gasteiger partial charge in [0.25, 0.3) is 5.91 Å². The zero-order chi connectivity index (χ0) is 17.8. The average Bonchev–Trinajstić information content (AvgIpc) is 3.05. The highest BCUT2D eigenvalue weighted by Crippen LogP contribution is 2.25. The van der Waals surface area contributed by atoms with Crippen molar-refractivity contribution in [3.8, 4) is 11.5 Å². The number of benzene rings is 2. The first-order valence-corrected chi connectivity index (χ1v) is 8.25. The summed E-state index contributed by atoms with van der Waals surface area (Å²) in [6, 6.07) is 13.5. The van der Waals surface area contributed by atoms with Crippen LogP contribution in [-0.2, 0) is 13.1 Å². The maximum Gasteiger partial charge on any atom is 0.253 e. The van der Waals surface area contributed by atoms with Gasteiger partial charge in [0.05, 0.1) is 19.8 Å². The summed E-state index contributed by atoms with van der Waals surface area (Å²) in [5.74, 6) is 1.31. The molecule has 3 rings (SSSR count). The van der Waals surface area contributed by atoms with Crippen molar-refractivity contribution in [3.63, 3.8) is 0 Å². The van der Waals surface area contributed by atoms with Gasteiger partial charge < -0.3 is 19.4 Å². The number of carbonyl (C=O) groups excluding carboxylic acids is 1. The molecule has 0 atom stereocenters. The third kappa shape index (κ3) is 3.31. The molecule has 0 radical (unpaired) electrons. The quantitative estimate of drug-likeness (QED) is 0.747. The SMILES string of the molecule is CCn1cc(C(=O)NCc2ccc(OC)cc2OC)c2ccccc21. The second-order valence-corrected chi connectivity index (χ2v) is 5.71. The van der Waals surface area contributed by atoms with Gasteiger partial charge in [0.15, 0.2) is 0 Å². The molecule has 0 fully saturated rings. The van der Waals surface area contributed by atoms with Crippen LogP contribution in [0.4, 0.5) is 0 Å². The number of hydrogen-bond donors (Lipinski definition) is 1. The Balaban J connectivity index is 1.82. The molecular formula is C20H22N2O3. The van der Waals surface area contributed by atoms with Crippen molar-refractivity contribution < 1.29 is 14.3 Å². The smallest absolute Gasteiger partial charge is 0.253 e. The highest BCUT2D eigenvalue weighted by molar-refractivity contribution is 6.07. The molecule has 0 spiro atoms. The van der Waals surface area contributed by atoms with Gasteiger partial charge in [-0.25, -0.2) is 0 Å². The molecule has 0 saturated heterocycles. The van der Waals surface area contributed by atoms with Gasteiger partial charge in [-0.1, -0.05) is 18.2 Å². The fraction of sp³-hybridized carbons (Fsp3) is 0.250. The Kier molecular flexibility index (Phi) is 4.93. The van der Waals surface area contributed by atoms with E-state index in [9.17, 15) is 4.79 Å². The molecule has 0 aliphatic heterocycles. The van der Waals surface area contributed by atoms with Gasteiger partial charge in [-0.3, -0.25) is 4.79 Å². The summed E-state index contributed by atoms with van der Waals surface area (Å²) in [6.07, 6.45) is 1.91. The summed E-state index contributed by atoms with van der Waals surface area (Å²) >= 11 is 0. The van der Waals surface area contributed by atoms with Crippen molar-refractivity contribution in [3.05, 3.63) is 59.8 Å². The molecule has 2 aromatic carbocycles. The molecule has 0 aliphatic carbocycles. The maximum atomic E-state index is 12.7. The minimum atomic E-state index is -0.0960. The monoisotopic (exact) mass is 338 g/mol. The molecule has 1 N–H and O–H groups in total. The van der Waals surface area contributed by atoms with E-state index < -0.39 is 0 Å². The first-order valence-electron chi connectivity index (χ1n) is 8.25. The Bertz CT molecular complexity index is 899. The predicted octanol–water partition coefficient (Wildman–Crippen LogP) is 3.61. The third-order valence-corrected chi connectivity index (χ3v) is 4.31. The van der Waals surface area contributed by atoms with Crippen LogP contribution in [0.5, 0.6) is 11.5 Å². The summed E-state index contributed by atoms with van der Waals surface area (Å²) < 4.78 is 12.7. The minimum absolute atomic E-state index is 0.0960. The maximum absolute atomic E-state index is 12.7. The van der Waals surface area contributed by atoms with Crippen LogP contribution >= 0.6 is 0 Å². The van der Waals surface area contributed by atoms with Crippen molar-refractivity contribution >= 4 is 16.8 Å². The molecule has 0 saturated carbocycles. The molecule has 0 bridgehead atoms. The summed E-state index contributed by atoms with van der Waals surface area (Å²) in [4.78, 5) is 12.7. The van der Waals surface area contributed by atoms with Gasteiger partial charge in [-0.2, -0.15) is 0 Å². The van der Waals surface area contributed by atoms with Crippen molar-refractivity contribution in [2.75, 3.05) is 14.2 Å². The first-order chi connectivity index (χ1) is 12.2. The summed E-state index contributed by atoms with van der Waals surface area (Å²) in [7, 11) is 3.22. The molecule has 25 heavy (non-hydrogen) atoms. The highest BCUT2D eigenvalue weighted by atomic mass is 16.5. The number of carbonyl (C=O) groups is 1. The zero-order valence-electron chi connectivity index (χ0n) is 14.7. The number of rotatable bonds is 6. The van der Waals surface area contributed by atoms with Gasteiger partial charge >= 0.3 is 0 Å². The van der Waals surface area contributed by atoms with Crippen LogP contribution in [0, 0.1) is 0 Å². The molecule has 1 amide bonds. The minimum Gasteiger partial charge on any atom is -0.497 e. The van der Waals surface area contributed by atoms with Gasteiger partial charge in [0.1, 0.15) is 11.5 Å². The Labute approximate surface area is 147 Å². The predicted molar refractivity (Wildman–Crippen MR) is 98.3 cm³/mol. The van der Waals surface area contributed by atoms with E-state index in [1.165, 1.54) is 0 Å². The van der Waals surface area contributed by atoms with Gasteiger partial charge in [0, 0.05) is 41.8 Å². The lowest BCUT2D eigenvalue weighted by Gasteiger charge is -2.11. The first kappa shape index (κ1) is 16.9. The second-order valence-electron chi connectivity index (χ2n) is 5.71. The van der Waals surface area contributed by atoms with Crippen molar-refractivity contribution in [1.82, 2.24) is 9.88 Å². The Morgan fingerprint density at radius 1 is 1.12 bits per heavy atom. The van der Waals surface area contributed by atoms with Crippen LogP contribution in [0.15, 0.2) is 48.7 Å². The highest BCUT2D eigenvalue weighted by Gasteiger charge is 2.15. The number of aryl methyl sites for hydroxylation is 1. The van der Waals surface area contributed by atoms with Gasteiger partial charge in [0.2, 0.25) is 0 Å². The van der Waals surface area contributed by atoms with E-state index in [2.05, 4.69) is 16.8 Å². The van der Waals surface area contributed by atoms with Crippen LogP contribution < -0.4 is 14.8 Å². The molecule has 5 heteroatoms. The Morgan fingerprint density at radius 3 is 2.64 bits per heavy atom. The molecule has 1 heterocycles. The third-order valence-electron chi connectivity index (χ3n) is 4.31. The number of nitrogens with one attached hydrogen (secondary N) is 1. The van der Waals surface area contributed by atoms with Crippen molar-refractivity contribution in [2.45, 2.75) is 20.0 Å². The normalized spacial score (nSPS) is 10.7. The number of aromatic nitrogens is 1. The van der Waals surface area contributed by atoms with E-state index in [-0.39, 0.29) is 5.91 Å². The zero-order valence-corrected chi connectivity index (χ0v) is 14.7. The largest absolute Gasteiger partial charge is 0.497 e. The van der Waals surface area contributed by atoms with Gasteiger partial charge in [-0.15, -0.1) is 0 Å². The number of fused-ring (bicyclic) bond motifs is 1. The standard InChI is InChI=1S/C20H22N2O3/c1-4-22-13-17(16-7-5-6-8-18(16)22)20(23)21-12-14-9-10-15(24-2)11-19(14)25-3/h5-11,13H,4,12H2,1-3H3,(H,21,23). The molecule has 1 aromatic heterocycles. The lowest BCUT2D eigenvalue weighted by Crippen LogP contribution is -2.22. The molecule has 130 valence electrons. The summed E-state index contributed by atoms with van der Waals surface area (Å²) in [5.41, 5.74) is 2.65. The van der Waals surface area contributed by atoms with Crippen LogP contribution in [0.2, 0.25) is 0 Å². The Morgan fingerprint density at radius 2 is 1.92 bits per heavy atom. The summed E-state index contributed by atoms with van der Waals surface area (Å²) in [6.45, 7) is 3.27. The lowest BCUT2D eigenvalue weighted by atomic mass is 10.1. The van der Waals surface area contributed by atoms with Crippen LogP contribution in [0.3, 0.4) is 0 Å². The number of amides is 1. The number of para-hydroxylation sites is 1. The van der Waals surface area contributed by atoms with Gasteiger partial charge in [-0.05, 0) is 25.1 Å². The fourth-order valence-corrected chi connectivity index (χ4v) is 2.96. The number of hydrogen-bond acceptors (Lipinski definition) is 3. The van der Waals surface area contributed by atoms with E-state index in [1.807, 2.05) is 48.7 Å². The van der Waals surface area contributed by atoms with E-state index in [1.54, 1.807) is 14.2 Å². The van der Waals surface area contributed by atoms with E-state index in [4.69, 9.17) is 9.47 Å². The fourth-order valence-electron chi connectivity index (χ4n) is 2.96.